The molecule has 8 nitrogen and oxygen atoms in total. The number of amides is 2. The first-order valence-corrected chi connectivity index (χ1v) is 11.4. The van der Waals surface area contributed by atoms with Crippen LogP contribution >= 0.6 is 11.3 Å². The molecule has 1 atom stereocenters. The number of carbonyl (C=O) groups excluding carboxylic acids is 2. The van der Waals surface area contributed by atoms with Crippen molar-refractivity contribution in [3.63, 3.8) is 0 Å². The van der Waals surface area contributed by atoms with Crippen molar-refractivity contribution in [3.05, 3.63) is 33.3 Å². The number of piperidine rings is 1. The third kappa shape index (κ3) is 3.88. The van der Waals surface area contributed by atoms with Gasteiger partial charge in [-0.15, -0.1) is 11.3 Å². The Morgan fingerprint density at radius 3 is 2.70 bits per heavy atom. The smallest absolute Gasteiger partial charge is 0.265 e. The first kappa shape index (κ1) is 21.0. The van der Waals surface area contributed by atoms with Crippen LogP contribution in [-0.2, 0) is 16.8 Å². The summed E-state index contributed by atoms with van der Waals surface area (Å²) in [6.07, 6.45) is 3.76. The van der Waals surface area contributed by atoms with Gasteiger partial charge in [-0.2, -0.15) is 0 Å². The fourth-order valence-corrected chi connectivity index (χ4v) is 5.37. The van der Waals surface area contributed by atoms with Gasteiger partial charge in [0, 0.05) is 31.7 Å². The number of fused-ring (bicyclic) bond motifs is 2. The largest absolute Gasteiger partial charge is 0.354 e. The fourth-order valence-electron chi connectivity index (χ4n) is 4.48. The van der Waals surface area contributed by atoms with Crippen LogP contribution in [0.5, 0.6) is 0 Å². The minimum absolute atomic E-state index is 0.0255. The lowest BCUT2D eigenvalue weighted by Gasteiger charge is -2.46. The number of rotatable bonds is 4. The maximum absolute atomic E-state index is 13.0. The lowest BCUT2D eigenvalue weighted by molar-refractivity contribution is -0.124. The van der Waals surface area contributed by atoms with Gasteiger partial charge in [-0.05, 0) is 32.6 Å². The number of thiazole rings is 1. The molecule has 0 saturated carbocycles. The molecule has 2 amide bonds. The first-order chi connectivity index (χ1) is 14.3. The summed E-state index contributed by atoms with van der Waals surface area (Å²) in [5.41, 5.74) is 2.43. The van der Waals surface area contributed by atoms with Gasteiger partial charge in [0.2, 0.25) is 5.91 Å². The molecule has 0 radical (unpaired) electrons. The highest BCUT2D eigenvalue weighted by Crippen LogP contribution is 2.38. The van der Waals surface area contributed by atoms with E-state index in [-0.39, 0.29) is 23.4 Å². The van der Waals surface area contributed by atoms with E-state index in [1.165, 1.54) is 11.3 Å². The number of carbonyl (C=O) groups is 2. The monoisotopic (exact) mass is 430 g/mol. The summed E-state index contributed by atoms with van der Waals surface area (Å²) < 4.78 is 0. The lowest BCUT2D eigenvalue weighted by atomic mass is 9.78. The van der Waals surface area contributed by atoms with E-state index in [1.807, 2.05) is 18.7 Å². The van der Waals surface area contributed by atoms with E-state index < -0.39 is 0 Å². The highest BCUT2D eigenvalue weighted by molar-refractivity contribution is 7.13. The summed E-state index contributed by atoms with van der Waals surface area (Å²) in [7, 11) is 0. The van der Waals surface area contributed by atoms with Crippen molar-refractivity contribution in [2.75, 3.05) is 19.6 Å². The average molecular weight is 431 g/mol. The first-order valence-electron chi connectivity index (χ1n) is 10.6. The van der Waals surface area contributed by atoms with Crippen LogP contribution in [0.2, 0.25) is 0 Å². The van der Waals surface area contributed by atoms with Gasteiger partial charge in [-0.1, -0.05) is 13.8 Å². The van der Waals surface area contributed by atoms with Gasteiger partial charge in [0.15, 0.2) is 0 Å². The Hall–Kier alpha value is -2.26. The quantitative estimate of drug-likeness (QED) is 0.687. The zero-order valence-electron chi connectivity index (χ0n) is 18.0. The van der Waals surface area contributed by atoms with Crippen LogP contribution in [0.4, 0.5) is 0 Å². The molecule has 2 aromatic heterocycles. The SMILES string of the molecule is Cc1nc(C)c(C(=O)N2CCC3(CC2)N[C@H](C(=O)NCC(C)C)Cc2[nH]cnc23)s1. The highest BCUT2D eigenvalue weighted by atomic mass is 32.1. The van der Waals surface area contributed by atoms with Crippen molar-refractivity contribution >= 4 is 23.2 Å². The molecule has 0 bridgehead atoms. The van der Waals surface area contributed by atoms with Gasteiger partial charge in [-0.25, -0.2) is 9.97 Å². The Morgan fingerprint density at radius 1 is 1.33 bits per heavy atom. The molecule has 30 heavy (non-hydrogen) atoms. The molecule has 162 valence electrons. The molecular formula is C21H30N6O2S. The third-order valence-electron chi connectivity index (χ3n) is 6.03. The number of aromatic nitrogens is 3. The molecule has 0 aliphatic carbocycles. The molecule has 4 rings (SSSR count). The fraction of sp³-hybridized carbons (Fsp3) is 0.619. The molecule has 4 heterocycles. The lowest BCUT2D eigenvalue weighted by Crippen LogP contribution is -2.62. The van der Waals surface area contributed by atoms with Crippen molar-refractivity contribution in [2.24, 2.45) is 5.92 Å². The summed E-state index contributed by atoms with van der Waals surface area (Å²) in [6, 6.07) is -0.301. The van der Waals surface area contributed by atoms with E-state index in [0.29, 0.717) is 32.0 Å². The Balaban J connectivity index is 1.49. The van der Waals surface area contributed by atoms with E-state index in [0.717, 1.165) is 39.8 Å². The third-order valence-corrected chi connectivity index (χ3v) is 7.09. The van der Waals surface area contributed by atoms with Crippen LogP contribution in [0.25, 0.3) is 0 Å². The number of nitrogens with one attached hydrogen (secondary N) is 3. The van der Waals surface area contributed by atoms with Gasteiger partial charge < -0.3 is 15.2 Å². The van der Waals surface area contributed by atoms with E-state index in [4.69, 9.17) is 0 Å². The normalized spacial score (nSPS) is 20.4. The molecule has 1 saturated heterocycles. The average Bonchev–Trinajstić information content (AvgIpc) is 3.32. The maximum Gasteiger partial charge on any atom is 0.265 e. The molecule has 2 aliphatic rings. The van der Waals surface area contributed by atoms with Crippen LogP contribution in [0, 0.1) is 19.8 Å². The molecule has 3 N–H and O–H groups in total. The predicted molar refractivity (Wildman–Crippen MR) is 115 cm³/mol. The Labute approximate surface area is 180 Å². The summed E-state index contributed by atoms with van der Waals surface area (Å²) >= 11 is 1.46. The molecule has 0 unspecified atom stereocenters. The number of hydrogen-bond acceptors (Lipinski definition) is 6. The van der Waals surface area contributed by atoms with Crippen LogP contribution in [-0.4, -0.2) is 57.3 Å². The van der Waals surface area contributed by atoms with Gasteiger partial charge in [0.25, 0.3) is 5.91 Å². The van der Waals surface area contributed by atoms with E-state index in [2.05, 4.69) is 39.4 Å². The molecule has 2 aromatic rings. The number of nitrogens with zero attached hydrogens (tertiary/aromatic N) is 3. The minimum atomic E-state index is -0.386. The van der Waals surface area contributed by atoms with Crippen molar-refractivity contribution in [2.45, 2.75) is 58.5 Å². The number of likely N-dealkylation sites (tertiary alicyclic amines) is 1. The van der Waals surface area contributed by atoms with Crippen LogP contribution < -0.4 is 10.6 Å². The van der Waals surface area contributed by atoms with Crippen molar-refractivity contribution < 1.29 is 9.59 Å². The van der Waals surface area contributed by atoms with Crippen molar-refractivity contribution in [3.8, 4) is 0 Å². The summed E-state index contributed by atoms with van der Waals surface area (Å²) in [5, 5.41) is 7.57. The van der Waals surface area contributed by atoms with E-state index >= 15 is 0 Å². The molecule has 0 aromatic carbocycles. The molecular weight excluding hydrogens is 400 g/mol. The maximum atomic E-state index is 13.0. The van der Waals surface area contributed by atoms with Crippen LogP contribution in [0.15, 0.2) is 6.33 Å². The number of H-pyrrole nitrogens is 1. The topological polar surface area (TPSA) is 103 Å². The van der Waals surface area contributed by atoms with Crippen LogP contribution in [0.1, 0.15) is 58.5 Å². The summed E-state index contributed by atoms with van der Waals surface area (Å²) in [6.45, 7) is 9.89. The Kier molecular flexibility index (Phi) is 5.67. The van der Waals surface area contributed by atoms with Gasteiger partial charge in [0.05, 0.1) is 34.3 Å². The second kappa shape index (κ2) is 8.11. The molecule has 9 heteroatoms. The second-order valence-electron chi connectivity index (χ2n) is 8.79. The predicted octanol–water partition coefficient (Wildman–Crippen LogP) is 1.90. The Bertz CT molecular complexity index is 941. The second-order valence-corrected chi connectivity index (χ2v) is 9.99. The van der Waals surface area contributed by atoms with Gasteiger partial charge >= 0.3 is 0 Å². The van der Waals surface area contributed by atoms with Crippen molar-refractivity contribution in [1.82, 2.24) is 30.5 Å². The summed E-state index contributed by atoms with van der Waals surface area (Å²) in [5.74, 6) is 0.483. The highest BCUT2D eigenvalue weighted by Gasteiger charge is 2.46. The molecule has 1 spiro atoms. The van der Waals surface area contributed by atoms with E-state index in [1.54, 1.807) is 6.33 Å². The van der Waals surface area contributed by atoms with Gasteiger partial charge in [-0.3, -0.25) is 14.9 Å². The number of aryl methyl sites for hydroxylation is 2. The van der Waals surface area contributed by atoms with Crippen molar-refractivity contribution in [1.29, 1.82) is 0 Å². The molecule has 2 aliphatic heterocycles. The number of aromatic amines is 1. The standard InChI is InChI=1S/C21H30N6O2S/c1-12(2)10-22-19(28)16-9-15-18(24-11-23-15)21(26-16)5-7-27(8-6-21)20(29)17-13(3)25-14(4)30-17/h11-12,16,26H,5-10H2,1-4H3,(H,22,28)(H,23,24)/t16-/m0/s1. The molecule has 1 fully saturated rings. The Morgan fingerprint density at radius 2 is 2.07 bits per heavy atom. The minimum Gasteiger partial charge on any atom is -0.354 e. The summed E-state index contributed by atoms with van der Waals surface area (Å²) in [4.78, 5) is 40.6. The van der Waals surface area contributed by atoms with Gasteiger partial charge in [0.1, 0.15) is 4.88 Å². The van der Waals surface area contributed by atoms with Crippen LogP contribution in [0.3, 0.4) is 0 Å². The zero-order chi connectivity index (χ0) is 21.5. The zero-order valence-corrected chi connectivity index (χ0v) is 18.9. The number of hydrogen-bond donors (Lipinski definition) is 3. The van der Waals surface area contributed by atoms with E-state index in [9.17, 15) is 9.59 Å². The number of imidazole rings is 1.